The van der Waals surface area contributed by atoms with Crippen LogP contribution in [0, 0.1) is 23.7 Å². The summed E-state index contributed by atoms with van der Waals surface area (Å²) in [4.78, 5) is 34.6. The Balaban J connectivity index is 1.45. The van der Waals surface area contributed by atoms with Crippen LogP contribution in [0.5, 0.6) is 0 Å². The van der Waals surface area contributed by atoms with E-state index in [2.05, 4.69) is 53.3 Å². The Morgan fingerprint density at radius 2 is 1.80 bits per heavy atom. The number of nitrogens with one attached hydrogen (secondary N) is 3. The van der Waals surface area contributed by atoms with Gasteiger partial charge in [0.15, 0.2) is 23.5 Å². The molecule has 40 heavy (non-hydrogen) atoms. The fourth-order valence-electron chi connectivity index (χ4n) is 7.17. The van der Waals surface area contributed by atoms with Crippen molar-refractivity contribution in [3.05, 3.63) is 5.82 Å². The monoisotopic (exact) mass is 552 g/mol. The third kappa shape index (κ3) is 5.74. The third-order valence-electron chi connectivity index (χ3n) is 9.82. The van der Waals surface area contributed by atoms with Crippen molar-refractivity contribution >= 4 is 29.0 Å². The Labute approximate surface area is 238 Å². The average molecular weight is 553 g/mol. The summed E-state index contributed by atoms with van der Waals surface area (Å²) in [6.45, 7) is 11.3. The molecule has 0 radical (unpaired) electrons. The van der Waals surface area contributed by atoms with Gasteiger partial charge in [-0.15, -0.1) is 5.48 Å². The van der Waals surface area contributed by atoms with E-state index in [0.717, 1.165) is 36.3 Å². The number of anilines is 2. The number of hydroxylamine groups is 1. The number of hydrogen-bond acceptors (Lipinski definition) is 8. The first-order chi connectivity index (χ1) is 19.4. The summed E-state index contributed by atoms with van der Waals surface area (Å²) < 4.78 is 2.46. The zero-order chi connectivity index (χ0) is 27.8. The van der Waals surface area contributed by atoms with Gasteiger partial charge in [-0.2, -0.15) is 4.98 Å². The van der Waals surface area contributed by atoms with E-state index >= 15 is 0 Å². The molecule has 0 aromatic carbocycles. The summed E-state index contributed by atoms with van der Waals surface area (Å²) in [7, 11) is 0. The summed E-state index contributed by atoms with van der Waals surface area (Å²) in [5.74, 6) is 5.06. The standard InChI is InChI=1S/C30H48N8O2/c1-18(2)16-23-10-5-6-15-37(23)29-34-26-24(38(29)17-21-13-11-19(3)12-14-21)25(31-20(4)22-8-7-9-22)32-27(33-26)28-35-30(39)40-36-28/h18-23,28,36H,5-17H2,1-4H3,(H,35,39)(H,31,32,33)/t19?,20-,21?,23?,28?/m1/s1. The van der Waals surface area contributed by atoms with E-state index in [1.54, 1.807) is 0 Å². The molecule has 2 unspecified atom stereocenters. The number of fused-ring (bicyclic) bond motifs is 1. The number of amides is 1. The van der Waals surface area contributed by atoms with Crippen molar-refractivity contribution in [2.75, 3.05) is 16.8 Å². The predicted octanol–water partition coefficient (Wildman–Crippen LogP) is 5.90. The van der Waals surface area contributed by atoms with Crippen molar-refractivity contribution in [1.29, 1.82) is 0 Å². The molecule has 1 amide bonds. The second-order valence-electron chi connectivity index (χ2n) is 13.4. The fraction of sp³-hybridized carbons (Fsp3) is 0.800. The molecule has 2 aromatic rings. The van der Waals surface area contributed by atoms with Crippen LogP contribution < -0.4 is 21.0 Å². The lowest BCUT2D eigenvalue weighted by atomic mass is 9.80. The SMILES string of the molecule is CC(C)CC1CCCCN1c1nc2nc(C3NOC(=O)N3)nc(N[C@H](C)C3CCC3)c2n1CC1CCC(C)CC1. The van der Waals surface area contributed by atoms with Gasteiger partial charge in [-0.1, -0.05) is 40.0 Å². The molecule has 220 valence electrons. The second-order valence-corrected chi connectivity index (χ2v) is 13.4. The van der Waals surface area contributed by atoms with Crippen LogP contribution in [0.3, 0.4) is 0 Å². The quantitative estimate of drug-likeness (QED) is 0.353. The van der Waals surface area contributed by atoms with Crippen LogP contribution in [0.15, 0.2) is 0 Å². The molecular weight excluding hydrogens is 504 g/mol. The van der Waals surface area contributed by atoms with E-state index in [0.29, 0.717) is 41.3 Å². The average Bonchev–Trinajstić information content (AvgIpc) is 3.48. The summed E-state index contributed by atoms with van der Waals surface area (Å²) in [6, 6.07) is 0.783. The maximum absolute atomic E-state index is 11.8. The highest BCUT2D eigenvalue weighted by Gasteiger charge is 2.34. The zero-order valence-electron chi connectivity index (χ0n) is 24.8. The normalized spacial score (nSPS) is 28.4. The van der Waals surface area contributed by atoms with E-state index in [-0.39, 0.29) is 0 Å². The second kappa shape index (κ2) is 11.7. The Kier molecular flexibility index (Phi) is 8.06. The van der Waals surface area contributed by atoms with Gasteiger partial charge in [0.2, 0.25) is 5.95 Å². The summed E-state index contributed by atoms with van der Waals surface area (Å²) >= 11 is 0. The molecule has 2 saturated heterocycles. The summed E-state index contributed by atoms with van der Waals surface area (Å²) in [6.07, 6.45) is 12.6. The minimum atomic E-state index is -0.603. The molecule has 4 aliphatic rings. The van der Waals surface area contributed by atoms with Gasteiger partial charge in [0.1, 0.15) is 5.52 Å². The van der Waals surface area contributed by atoms with Gasteiger partial charge in [-0.3, -0.25) is 5.32 Å². The maximum atomic E-state index is 11.8. The molecule has 3 N–H and O–H groups in total. The molecule has 6 rings (SSSR count). The molecule has 2 saturated carbocycles. The van der Waals surface area contributed by atoms with Crippen molar-refractivity contribution < 1.29 is 9.63 Å². The summed E-state index contributed by atoms with van der Waals surface area (Å²) in [5.41, 5.74) is 4.44. The molecule has 10 heteroatoms. The van der Waals surface area contributed by atoms with Gasteiger partial charge in [0, 0.05) is 25.2 Å². The van der Waals surface area contributed by atoms with Crippen molar-refractivity contribution in [3.63, 3.8) is 0 Å². The Morgan fingerprint density at radius 1 is 1.00 bits per heavy atom. The number of aromatic nitrogens is 4. The Bertz CT molecular complexity index is 1190. The summed E-state index contributed by atoms with van der Waals surface area (Å²) in [5, 5.41) is 6.57. The fourth-order valence-corrected chi connectivity index (χ4v) is 7.17. The molecule has 3 atom stereocenters. The van der Waals surface area contributed by atoms with E-state index in [1.165, 1.54) is 70.6 Å². The van der Waals surface area contributed by atoms with Crippen LogP contribution in [0.1, 0.15) is 110 Å². The number of rotatable bonds is 9. The van der Waals surface area contributed by atoms with Crippen molar-refractivity contribution in [3.8, 4) is 0 Å². The van der Waals surface area contributed by atoms with Gasteiger partial charge in [-0.05, 0) is 82.0 Å². The lowest BCUT2D eigenvalue weighted by molar-refractivity contribution is 0.120. The predicted molar refractivity (Wildman–Crippen MR) is 157 cm³/mol. The largest absolute Gasteiger partial charge is 0.427 e. The first-order valence-electron chi connectivity index (χ1n) is 15.9. The lowest BCUT2D eigenvalue weighted by Crippen LogP contribution is -2.42. The van der Waals surface area contributed by atoms with Gasteiger partial charge in [0.25, 0.3) is 0 Å². The Morgan fingerprint density at radius 3 is 2.48 bits per heavy atom. The molecule has 4 fully saturated rings. The highest BCUT2D eigenvalue weighted by atomic mass is 16.7. The highest BCUT2D eigenvalue weighted by molar-refractivity contribution is 5.86. The van der Waals surface area contributed by atoms with Gasteiger partial charge >= 0.3 is 6.09 Å². The van der Waals surface area contributed by atoms with Crippen LogP contribution in [0.4, 0.5) is 16.6 Å². The van der Waals surface area contributed by atoms with Gasteiger partial charge in [0.05, 0.1) is 0 Å². The lowest BCUT2D eigenvalue weighted by Gasteiger charge is -2.38. The minimum absolute atomic E-state index is 0.299. The number of imidazole rings is 1. The number of piperidine rings is 1. The first-order valence-corrected chi connectivity index (χ1v) is 15.9. The molecule has 2 aliphatic heterocycles. The molecule has 0 bridgehead atoms. The maximum Gasteiger partial charge on any atom is 0.427 e. The zero-order valence-corrected chi connectivity index (χ0v) is 24.8. The van der Waals surface area contributed by atoms with E-state index in [4.69, 9.17) is 19.8 Å². The Hall–Kier alpha value is -2.62. The van der Waals surface area contributed by atoms with Crippen LogP contribution >= 0.6 is 0 Å². The molecule has 4 heterocycles. The van der Waals surface area contributed by atoms with Gasteiger partial charge < -0.3 is 19.6 Å². The van der Waals surface area contributed by atoms with Crippen molar-refractivity contribution in [2.24, 2.45) is 23.7 Å². The van der Waals surface area contributed by atoms with Crippen molar-refractivity contribution in [1.82, 2.24) is 30.3 Å². The van der Waals surface area contributed by atoms with E-state index < -0.39 is 12.3 Å². The third-order valence-corrected chi connectivity index (χ3v) is 9.82. The van der Waals surface area contributed by atoms with E-state index in [9.17, 15) is 4.79 Å². The highest BCUT2D eigenvalue weighted by Crippen LogP contribution is 2.38. The first kappa shape index (κ1) is 27.5. The molecule has 2 aromatic heterocycles. The molecular formula is C30H48N8O2. The molecule has 0 spiro atoms. The van der Waals surface area contributed by atoms with Crippen LogP contribution in [-0.4, -0.2) is 44.2 Å². The topological polar surface area (TPSA) is 109 Å². The molecule has 2 aliphatic carbocycles. The minimum Gasteiger partial charge on any atom is -0.365 e. The smallest absolute Gasteiger partial charge is 0.365 e. The van der Waals surface area contributed by atoms with Gasteiger partial charge in [-0.25, -0.2) is 14.8 Å². The number of carbonyl (C=O) groups excluding carboxylic acids is 1. The molecule has 10 nitrogen and oxygen atoms in total. The number of hydrogen-bond donors (Lipinski definition) is 3. The van der Waals surface area contributed by atoms with Crippen LogP contribution in [0.2, 0.25) is 0 Å². The number of carbonyl (C=O) groups is 1. The van der Waals surface area contributed by atoms with Crippen molar-refractivity contribution in [2.45, 2.75) is 123 Å². The van der Waals surface area contributed by atoms with Crippen LogP contribution in [-0.2, 0) is 11.4 Å². The van der Waals surface area contributed by atoms with Crippen LogP contribution in [0.25, 0.3) is 11.2 Å². The number of nitrogens with zero attached hydrogens (tertiary/aromatic N) is 5. The van der Waals surface area contributed by atoms with E-state index in [1.807, 2.05) is 0 Å².